The van der Waals surface area contributed by atoms with Gasteiger partial charge in [-0.1, -0.05) is 12.1 Å². The van der Waals surface area contributed by atoms with Gasteiger partial charge >= 0.3 is 0 Å². The number of nitrogens with one attached hydrogen (secondary N) is 1. The summed E-state index contributed by atoms with van der Waals surface area (Å²) in [4.78, 5) is 31.2. The first kappa shape index (κ1) is 16.4. The predicted octanol–water partition coefficient (Wildman–Crippen LogP) is 3.58. The van der Waals surface area contributed by atoms with E-state index in [9.17, 15) is 9.59 Å². The van der Waals surface area contributed by atoms with Crippen LogP contribution >= 0.6 is 11.3 Å². The van der Waals surface area contributed by atoms with E-state index in [1.54, 1.807) is 6.92 Å². The highest BCUT2D eigenvalue weighted by Gasteiger charge is 2.19. The number of thiophene rings is 1. The zero-order valence-corrected chi connectivity index (χ0v) is 14.9. The van der Waals surface area contributed by atoms with Crippen LogP contribution in [0.5, 0.6) is 0 Å². The van der Waals surface area contributed by atoms with Crippen LogP contribution in [-0.2, 0) is 4.79 Å². The number of fused-ring (bicyclic) bond motifs is 1. The highest BCUT2D eigenvalue weighted by Crippen LogP contribution is 2.21. The second-order valence-corrected chi connectivity index (χ2v) is 7.25. The third-order valence-corrected chi connectivity index (χ3v) is 5.01. The second-order valence-electron chi connectivity index (χ2n) is 6.02. The monoisotopic (exact) mass is 341 g/mol. The third-order valence-electron chi connectivity index (χ3n) is 4.05. The maximum absolute atomic E-state index is 12.6. The first-order valence-corrected chi connectivity index (χ1v) is 8.54. The highest BCUT2D eigenvalue weighted by atomic mass is 32.1. The zero-order valence-electron chi connectivity index (χ0n) is 14.1. The minimum Gasteiger partial charge on any atom is -0.324 e. The number of hydrogen-bond donors (Lipinski definition) is 1. The molecule has 0 aliphatic carbocycles. The summed E-state index contributed by atoms with van der Waals surface area (Å²) in [6.45, 7) is 7.55. The number of hydrogen-bond acceptors (Lipinski definition) is 4. The fraction of sp³-hybridized carbons (Fsp3) is 0.278. The van der Waals surface area contributed by atoms with Crippen molar-refractivity contribution >= 4 is 33.1 Å². The zero-order chi connectivity index (χ0) is 17.4. The van der Waals surface area contributed by atoms with Crippen molar-refractivity contribution in [1.29, 1.82) is 0 Å². The fourth-order valence-electron chi connectivity index (χ4n) is 2.57. The van der Waals surface area contributed by atoms with Gasteiger partial charge in [-0.15, -0.1) is 11.3 Å². The summed E-state index contributed by atoms with van der Waals surface area (Å²) in [5.74, 6) is -0.237. The van der Waals surface area contributed by atoms with Gasteiger partial charge in [-0.3, -0.25) is 14.2 Å². The van der Waals surface area contributed by atoms with Gasteiger partial charge in [0, 0.05) is 10.6 Å². The molecular weight excluding hydrogens is 322 g/mol. The van der Waals surface area contributed by atoms with E-state index in [2.05, 4.69) is 10.3 Å². The molecule has 1 atom stereocenters. The molecule has 0 radical (unpaired) electrons. The van der Waals surface area contributed by atoms with E-state index in [1.165, 1.54) is 22.2 Å². The van der Waals surface area contributed by atoms with Crippen molar-refractivity contribution in [2.24, 2.45) is 0 Å². The molecule has 1 amide bonds. The Morgan fingerprint density at radius 2 is 2.00 bits per heavy atom. The maximum atomic E-state index is 12.6. The minimum absolute atomic E-state index is 0.187. The SMILES string of the molecule is Cc1ccc(C)c(NC(=O)[C@H](C)n2cnc3sc(C)cc3c2=O)c1. The molecule has 0 bridgehead atoms. The number of rotatable bonds is 3. The molecule has 124 valence electrons. The van der Waals surface area contributed by atoms with Gasteiger partial charge in [0.25, 0.3) is 5.56 Å². The van der Waals surface area contributed by atoms with Crippen molar-refractivity contribution in [2.45, 2.75) is 33.7 Å². The maximum Gasteiger partial charge on any atom is 0.262 e. The van der Waals surface area contributed by atoms with Crippen molar-refractivity contribution in [3.63, 3.8) is 0 Å². The Hall–Kier alpha value is -2.47. The van der Waals surface area contributed by atoms with E-state index >= 15 is 0 Å². The van der Waals surface area contributed by atoms with Crippen LogP contribution in [-0.4, -0.2) is 15.5 Å². The summed E-state index contributed by atoms with van der Waals surface area (Å²) < 4.78 is 1.38. The lowest BCUT2D eigenvalue weighted by molar-refractivity contribution is -0.118. The van der Waals surface area contributed by atoms with Crippen molar-refractivity contribution in [3.8, 4) is 0 Å². The van der Waals surface area contributed by atoms with Gasteiger partial charge in [0.2, 0.25) is 5.91 Å². The van der Waals surface area contributed by atoms with Gasteiger partial charge in [0.15, 0.2) is 0 Å². The largest absolute Gasteiger partial charge is 0.324 e. The van der Waals surface area contributed by atoms with Crippen LogP contribution in [0.4, 0.5) is 5.69 Å². The highest BCUT2D eigenvalue weighted by molar-refractivity contribution is 7.18. The average Bonchev–Trinajstić information content (AvgIpc) is 2.92. The summed E-state index contributed by atoms with van der Waals surface area (Å²) in [6.07, 6.45) is 1.45. The predicted molar refractivity (Wildman–Crippen MR) is 97.9 cm³/mol. The molecule has 0 spiro atoms. The van der Waals surface area contributed by atoms with Crippen LogP contribution in [0, 0.1) is 20.8 Å². The van der Waals surface area contributed by atoms with Crippen molar-refractivity contribution < 1.29 is 4.79 Å². The van der Waals surface area contributed by atoms with Gasteiger partial charge in [0.1, 0.15) is 10.9 Å². The number of aryl methyl sites for hydroxylation is 3. The number of nitrogens with zero attached hydrogens (tertiary/aromatic N) is 2. The van der Waals surface area contributed by atoms with Crippen LogP contribution in [0.2, 0.25) is 0 Å². The van der Waals surface area contributed by atoms with E-state index in [0.29, 0.717) is 10.2 Å². The molecule has 0 aliphatic heterocycles. The Labute approximate surface area is 144 Å². The molecule has 0 unspecified atom stereocenters. The standard InChI is InChI=1S/C18H19N3O2S/c1-10-5-6-11(2)15(7-10)20-16(22)13(4)21-9-19-17-14(18(21)23)8-12(3)24-17/h5-9,13H,1-4H3,(H,20,22)/t13-/m0/s1. The van der Waals surface area contributed by atoms with Crippen LogP contribution in [0.25, 0.3) is 10.2 Å². The Kier molecular flexibility index (Phi) is 4.24. The molecule has 1 aromatic carbocycles. The van der Waals surface area contributed by atoms with Crippen molar-refractivity contribution in [2.75, 3.05) is 5.32 Å². The Morgan fingerprint density at radius 3 is 2.75 bits per heavy atom. The fourth-order valence-corrected chi connectivity index (χ4v) is 3.40. The van der Waals surface area contributed by atoms with E-state index in [0.717, 1.165) is 21.7 Å². The normalized spacial score (nSPS) is 12.3. The van der Waals surface area contributed by atoms with Gasteiger partial charge < -0.3 is 5.32 Å². The summed E-state index contributed by atoms with van der Waals surface area (Å²) in [7, 11) is 0. The van der Waals surface area contributed by atoms with E-state index < -0.39 is 6.04 Å². The lowest BCUT2D eigenvalue weighted by Gasteiger charge is -2.16. The smallest absolute Gasteiger partial charge is 0.262 e. The molecule has 0 saturated carbocycles. The van der Waals surface area contributed by atoms with Crippen molar-refractivity contribution in [1.82, 2.24) is 9.55 Å². The lowest BCUT2D eigenvalue weighted by Crippen LogP contribution is -2.31. The molecule has 3 aromatic rings. The Balaban J connectivity index is 1.92. The molecular formula is C18H19N3O2S. The van der Waals surface area contributed by atoms with Gasteiger partial charge in [-0.25, -0.2) is 4.98 Å². The van der Waals surface area contributed by atoms with Crippen LogP contribution in [0.15, 0.2) is 35.4 Å². The van der Waals surface area contributed by atoms with Crippen molar-refractivity contribution in [3.05, 3.63) is 57.0 Å². The lowest BCUT2D eigenvalue weighted by atomic mass is 10.1. The number of anilines is 1. The number of benzene rings is 1. The van der Waals surface area contributed by atoms with Gasteiger partial charge in [0.05, 0.1) is 11.7 Å². The van der Waals surface area contributed by atoms with Crippen LogP contribution in [0.3, 0.4) is 0 Å². The number of carbonyl (C=O) groups is 1. The van der Waals surface area contributed by atoms with E-state index in [1.807, 2.05) is 45.0 Å². The van der Waals surface area contributed by atoms with E-state index in [4.69, 9.17) is 0 Å². The molecule has 1 N–H and O–H groups in total. The van der Waals surface area contributed by atoms with E-state index in [-0.39, 0.29) is 11.5 Å². The first-order valence-electron chi connectivity index (χ1n) is 7.72. The molecule has 3 rings (SSSR count). The molecule has 6 heteroatoms. The average molecular weight is 341 g/mol. The number of amides is 1. The second kappa shape index (κ2) is 6.20. The third kappa shape index (κ3) is 2.97. The molecule has 2 aromatic heterocycles. The van der Waals surface area contributed by atoms with Gasteiger partial charge in [-0.05, 0) is 51.0 Å². The molecule has 5 nitrogen and oxygen atoms in total. The molecule has 0 aliphatic rings. The molecule has 0 saturated heterocycles. The van der Waals surface area contributed by atoms with Crippen LogP contribution in [0.1, 0.15) is 29.0 Å². The Morgan fingerprint density at radius 1 is 1.25 bits per heavy atom. The summed E-state index contributed by atoms with van der Waals surface area (Å²) in [5.41, 5.74) is 2.63. The number of aromatic nitrogens is 2. The van der Waals surface area contributed by atoms with Crippen LogP contribution < -0.4 is 10.9 Å². The molecule has 0 fully saturated rings. The Bertz CT molecular complexity index is 988. The summed E-state index contributed by atoms with van der Waals surface area (Å²) in [6, 6.07) is 7.06. The topological polar surface area (TPSA) is 64.0 Å². The van der Waals surface area contributed by atoms with Gasteiger partial charge in [-0.2, -0.15) is 0 Å². The molecule has 2 heterocycles. The quantitative estimate of drug-likeness (QED) is 0.792. The minimum atomic E-state index is -0.644. The molecule has 24 heavy (non-hydrogen) atoms. The summed E-state index contributed by atoms with van der Waals surface area (Å²) in [5, 5.41) is 3.47. The first-order chi connectivity index (χ1) is 11.4. The number of carbonyl (C=O) groups excluding carboxylic acids is 1. The summed E-state index contributed by atoms with van der Waals surface area (Å²) >= 11 is 1.48.